The predicted molar refractivity (Wildman–Crippen MR) is 108 cm³/mol. The third-order valence-corrected chi connectivity index (χ3v) is 6.36. The number of nitrogens with zero attached hydrogens (tertiary/aromatic N) is 2. The van der Waals surface area contributed by atoms with Gasteiger partial charge in [-0.15, -0.1) is 23.1 Å². The van der Waals surface area contributed by atoms with Crippen molar-refractivity contribution in [3.63, 3.8) is 0 Å². The standard InChI is InChI=1S/C19H17N3O4S2/c23-16-11-28-18(13-5-1-2-6-15(13)26-10-17(24)25)14-8-20-22(19(14)21-16)9-12-4-3-7-27-12/h1-8,18H,9-11H2,(H,21,23)(H,24,25)/t18-/m1/s1. The molecule has 2 aromatic heterocycles. The summed E-state index contributed by atoms with van der Waals surface area (Å²) in [5.74, 6) is 0.316. The average molecular weight is 415 g/mol. The molecule has 1 amide bonds. The molecule has 1 atom stereocenters. The SMILES string of the molecule is O=C(O)COc1ccccc1[C@H]1SCC(=O)Nc2c1cnn2Cc1cccs1. The second kappa shape index (κ2) is 8.07. The normalized spacial score (nSPS) is 16.1. The maximum absolute atomic E-state index is 12.3. The number of carboxylic acids is 1. The highest BCUT2D eigenvalue weighted by Crippen LogP contribution is 2.44. The summed E-state index contributed by atoms with van der Waals surface area (Å²) in [6.45, 7) is 0.151. The van der Waals surface area contributed by atoms with Gasteiger partial charge in [0, 0.05) is 16.0 Å². The van der Waals surface area contributed by atoms with Gasteiger partial charge >= 0.3 is 5.97 Å². The molecule has 1 aliphatic heterocycles. The molecule has 3 aromatic rings. The number of hydrogen-bond donors (Lipinski definition) is 2. The van der Waals surface area contributed by atoms with Crippen LogP contribution >= 0.6 is 23.1 Å². The Hall–Kier alpha value is -2.78. The van der Waals surface area contributed by atoms with Crippen LogP contribution in [-0.2, 0) is 16.1 Å². The van der Waals surface area contributed by atoms with E-state index >= 15 is 0 Å². The molecule has 0 radical (unpaired) electrons. The molecule has 4 rings (SSSR count). The van der Waals surface area contributed by atoms with Crippen molar-refractivity contribution in [2.45, 2.75) is 11.8 Å². The summed E-state index contributed by atoms with van der Waals surface area (Å²) < 4.78 is 7.27. The topological polar surface area (TPSA) is 93.4 Å². The molecule has 0 saturated heterocycles. The summed E-state index contributed by atoms with van der Waals surface area (Å²) in [5.41, 5.74) is 1.70. The third-order valence-electron chi connectivity index (χ3n) is 4.23. The van der Waals surface area contributed by atoms with Crippen molar-refractivity contribution in [1.82, 2.24) is 9.78 Å². The fourth-order valence-electron chi connectivity index (χ4n) is 3.04. The summed E-state index contributed by atoms with van der Waals surface area (Å²) >= 11 is 3.10. The molecule has 28 heavy (non-hydrogen) atoms. The number of benzene rings is 1. The minimum Gasteiger partial charge on any atom is -0.482 e. The molecule has 2 N–H and O–H groups in total. The van der Waals surface area contributed by atoms with E-state index in [1.807, 2.05) is 29.6 Å². The van der Waals surface area contributed by atoms with Gasteiger partial charge in [-0.05, 0) is 17.5 Å². The van der Waals surface area contributed by atoms with Crippen molar-refractivity contribution in [2.75, 3.05) is 17.7 Å². The quantitative estimate of drug-likeness (QED) is 0.642. The Labute approximate surface area is 169 Å². The van der Waals surface area contributed by atoms with Gasteiger partial charge in [-0.25, -0.2) is 9.48 Å². The molecule has 1 aliphatic rings. The van der Waals surface area contributed by atoms with Crippen molar-refractivity contribution >= 4 is 40.8 Å². The van der Waals surface area contributed by atoms with E-state index < -0.39 is 12.6 Å². The summed E-state index contributed by atoms with van der Waals surface area (Å²) in [5, 5.41) is 18.2. The molecule has 0 fully saturated rings. The van der Waals surface area contributed by atoms with Gasteiger partial charge in [0.15, 0.2) is 6.61 Å². The largest absolute Gasteiger partial charge is 0.482 e. The number of aliphatic carboxylic acids is 1. The lowest BCUT2D eigenvalue weighted by Gasteiger charge is -2.18. The average Bonchev–Trinajstić information content (AvgIpc) is 3.29. The lowest BCUT2D eigenvalue weighted by atomic mass is 10.1. The number of carboxylic acid groups (broad SMARTS) is 1. The zero-order chi connectivity index (χ0) is 19.5. The number of ether oxygens (including phenoxy) is 1. The van der Waals surface area contributed by atoms with E-state index in [4.69, 9.17) is 9.84 Å². The van der Waals surface area contributed by atoms with Gasteiger partial charge in [-0.1, -0.05) is 24.3 Å². The summed E-state index contributed by atoms with van der Waals surface area (Å²) in [4.78, 5) is 24.3. The highest BCUT2D eigenvalue weighted by molar-refractivity contribution is 8.00. The molecule has 0 unspecified atom stereocenters. The Morgan fingerprint density at radius 2 is 2.14 bits per heavy atom. The lowest BCUT2D eigenvalue weighted by Crippen LogP contribution is -2.16. The van der Waals surface area contributed by atoms with Crippen LogP contribution in [-0.4, -0.2) is 39.1 Å². The molecular weight excluding hydrogens is 398 g/mol. The highest BCUT2D eigenvalue weighted by atomic mass is 32.2. The van der Waals surface area contributed by atoms with E-state index in [2.05, 4.69) is 10.4 Å². The first-order chi connectivity index (χ1) is 13.6. The van der Waals surface area contributed by atoms with Gasteiger partial charge in [0.1, 0.15) is 11.6 Å². The Balaban J connectivity index is 1.71. The second-order valence-electron chi connectivity index (χ2n) is 6.14. The van der Waals surface area contributed by atoms with Crippen LogP contribution in [0.15, 0.2) is 48.0 Å². The number of aromatic nitrogens is 2. The second-order valence-corrected chi connectivity index (χ2v) is 8.27. The number of hydrogen-bond acceptors (Lipinski definition) is 6. The van der Waals surface area contributed by atoms with Crippen LogP contribution in [0.25, 0.3) is 0 Å². The molecular formula is C19H17N3O4S2. The molecule has 3 heterocycles. The molecule has 7 nitrogen and oxygen atoms in total. The number of carbonyl (C=O) groups is 2. The van der Waals surface area contributed by atoms with E-state index in [1.165, 1.54) is 11.8 Å². The van der Waals surface area contributed by atoms with Crippen molar-refractivity contribution < 1.29 is 19.4 Å². The Morgan fingerprint density at radius 3 is 2.93 bits per heavy atom. The van der Waals surface area contributed by atoms with Crippen LogP contribution in [0.3, 0.4) is 0 Å². The Morgan fingerprint density at radius 1 is 1.29 bits per heavy atom. The number of para-hydroxylation sites is 1. The number of fused-ring (bicyclic) bond motifs is 1. The van der Waals surface area contributed by atoms with Gasteiger partial charge in [-0.2, -0.15) is 5.10 Å². The summed E-state index contributed by atoms with van der Waals surface area (Å²) in [6.07, 6.45) is 1.76. The van der Waals surface area contributed by atoms with Crippen molar-refractivity contribution in [1.29, 1.82) is 0 Å². The van der Waals surface area contributed by atoms with E-state index in [9.17, 15) is 9.59 Å². The predicted octanol–water partition coefficient (Wildman–Crippen LogP) is 3.23. The monoisotopic (exact) mass is 415 g/mol. The van der Waals surface area contributed by atoms with Crippen LogP contribution in [0, 0.1) is 0 Å². The molecule has 0 spiro atoms. The first-order valence-corrected chi connectivity index (χ1v) is 10.5. The molecule has 1 aromatic carbocycles. The fraction of sp³-hybridized carbons (Fsp3) is 0.211. The van der Waals surface area contributed by atoms with Crippen LogP contribution in [0.4, 0.5) is 5.82 Å². The number of rotatable bonds is 6. The van der Waals surface area contributed by atoms with Crippen molar-refractivity contribution in [3.8, 4) is 5.75 Å². The van der Waals surface area contributed by atoms with Crippen molar-refractivity contribution in [2.24, 2.45) is 0 Å². The minimum absolute atomic E-state index is 0.0920. The van der Waals surface area contributed by atoms with Crippen LogP contribution < -0.4 is 10.1 Å². The first kappa shape index (κ1) is 18.6. The maximum Gasteiger partial charge on any atom is 0.341 e. The molecule has 0 aliphatic carbocycles. The zero-order valence-electron chi connectivity index (χ0n) is 14.7. The molecule has 0 bridgehead atoms. The minimum atomic E-state index is -1.04. The van der Waals surface area contributed by atoms with Crippen LogP contribution in [0.1, 0.15) is 21.3 Å². The van der Waals surface area contributed by atoms with Gasteiger partial charge in [-0.3, -0.25) is 4.79 Å². The number of nitrogens with one attached hydrogen (secondary N) is 1. The molecule has 9 heteroatoms. The van der Waals surface area contributed by atoms with E-state index in [0.29, 0.717) is 18.1 Å². The molecule has 144 valence electrons. The Bertz CT molecular complexity index is 1000. The van der Waals surface area contributed by atoms with Gasteiger partial charge in [0.2, 0.25) is 5.91 Å². The van der Waals surface area contributed by atoms with E-state index in [-0.39, 0.29) is 16.9 Å². The number of thioether (sulfide) groups is 1. The number of carbonyl (C=O) groups excluding carboxylic acids is 1. The lowest BCUT2D eigenvalue weighted by molar-refractivity contribution is -0.139. The van der Waals surface area contributed by atoms with Gasteiger partial charge in [0.05, 0.1) is 23.7 Å². The maximum atomic E-state index is 12.3. The van der Waals surface area contributed by atoms with Crippen molar-refractivity contribution in [3.05, 3.63) is 64.0 Å². The van der Waals surface area contributed by atoms with Gasteiger partial charge < -0.3 is 15.2 Å². The number of amides is 1. The number of thiophene rings is 1. The van der Waals surface area contributed by atoms with Crippen LogP contribution in [0.2, 0.25) is 0 Å². The van der Waals surface area contributed by atoms with E-state index in [1.54, 1.807) is 34.3 Å². The Kier molecular flexibility index (Phi) is 5.36. The fourth-order valence-corrected chi connectivity index (χ4v) is 4.84. The first-order valence-electron chi connectivity index (χ1n) is 8.55. The van der Waals surface area contributed by atoms with Crippen LogP contribution in [0.5, 0.6) is 5.75 Å². The highest BCUT2D eigenvalue weighted by Gasteiger charge is 2.29. The van der Waals surface area contributed by atoms with E-state index in [0.717, 1.165) is 16.0 Å². The summed E-state index contributed by atoms with van der Waals surface area (Å²) in [7, 11) is 0. The van der Waals surface area contributed by atoms with Gasteiger partial charge in [0.25, 0.3) is 0 Å². The summed E-state index contributed by atoms with van der Waals surface area (Å²) in [6, 6.07) is 11.3. The smallest absolute Gasteiger partial charge is 0.341 e. The third kappa shape index (κ3) is 3.90. The number of anilines is 1. The zero-order valence-corrected chi connectivity index (χ0v) is 16.3. The molecule has 0 saturated carbocycles.